The molecule has 0 bridgehead atoms. The Hall–Kier alpha value is -2.04. The Labute approximate surface area is 121 Å². The van der Waals surface area contributed by atoms with Crippen LogP contribution in [-0.2, 0) is 4.79 Å². The number of nitrogens with zero attached hydrogens (tertiary/aromatic N) is 1. The first-order valence-corrected chi connectivity index (χ1v) is 7.48. The highest BCUT2D eigenvalue weighted by molar-refractivity contribution is 5.99. The predicted octanol–water partition coefficient (Wildman–Crippen LogP) is 1.71. The maximum absolute atomic E-state index is 12.8. The van der Waals surface area contributed by atoms with Crippen LogP contribution < -0.4 is 9.47 Å². The van der Waals surface area contributed by atoms with Gasteiger partial charge in [-0.05, 0) is 30.0 Å². The normalized spacial score (nSPS) is 32.2. The van der Waals surface area contributed by atoms with Crippen LogP contribution in [0, 0.1) is 5.92 Å². The highest BCUT2D eigenvalue weighted by Crippen LogP contribution is 2.50. The molecule has 4 aliphatic rings. The largest absolute Gasteiger partial charge is 0.454 e. The molecule has 108 valence electrons. The molecule has 0 unspecified atom stereocenters. The summed E-state index contributed by atoms with van der Waals surface area (Å²) in [5.74, 6) is 2.20. The SMILES string of the molecule is O=C1C[C@@H]2CCN3C(=O)c4cc5c(cc4[C@H](C1)[C@@H]23)OCO5. The molecule has 1 saturated carbocycles. The fourth-order valence-electron chi connectivity index (χ4n) is 4.52. The Morgan fingerprint density at radius 3 is 2.76 bits per heavy atom. The average molecular weight is 285 g/mol. The molecule has 21 heavy (non-hydrogen) atoms. The molecule has 0 aromatic heterocycles. The van der Waals surface area contributed by atoms with E-state index < -0.39 is 0 Å². The molecular formula is C16H15NO4. The van der Waals surface area contributed by atoms with Gasteiger partial charge in [0.2, 0.25) is 6.79 Å². The predicted molar refractivity (Wildman–Crippen MR) is 72.5 cm³/mol. The first-order valence-electron chi connectivity index (χ1n) is 7.48. The van der Waals surface area contributed by atoms with Gasteiger partial charge in [-0.1, -0.05) is 0 Å². The second kappa shape index (κ2) is 3.78. The van der Waals surface area contributed by atoms with Crippen molar-refractivity contribution in [3.8, 4) is 11.5 Å². The van der Waals surface area contributed by atoms with Gasteiger partial charge in [-0.15, -0.1) is 0 Å². The third kappa shape index (κ3) is 1.41. The number of Topliss-reactive ketones (excluding diaryl/α,β-unsaturated/α-hetero) is 1. The van der Waals surface area contributed by atoms with Gasteiger partial charge in [0.15, 0.2) is 11.5 Å². The number of benzene rings is 1. The molecule has 2 fully saturated rings. The van der Waals surface area contributed by atoms with Crippen LogP contribution in [0.25, 0.3) is 0 Å². The van der Waals surface area contributed by atoms with E-state index in [-0.39, 0.29) is 24.7 Å². The van der Waals surface area contributed by atoms with Crippen molar-refractivity contribution < 1.29 is 19.1 Å². The molecule has 1 aliphatic carbocycles. The van der Waals surface area contributed by atoms with Crippen LogP contribution >= 0.6 is 0 Å². The monoisotopic (exact) mass is 285 g/mol. The van der Waals surface area contributed by atoms with Crippen LogP contribution in [0.5, 0.6) is 11.5 Å². The summed E-state index contributed by atoms with van der Waals surface area (Å²) in [7, 11) is 0. The molecule has 3 heterocycles. The number of ketones is 1. The molecule has 1 saturated heterocycles. The molecule has 3 atom stereocenters. The number of carbonyl (C=O) groups is 2. The number of hydrogen-bond donors (Lipinski definition) is 0. The van der Waals surface area contributed by atoms with Gasteiger partial charge in [0.1, 0.15) is 5.78 Å². The summed E-state index contributed by atoms with van der Waals surface area (Å²) in [5.41, 5.74) is 1.67. The number of rotatable bonds is 0. The summed E-state index contributed by atoms with van der Waals surface area (Å²) in [6, 6.07) is 3.91. The van der Waals surface area contributed by atoms with E-state index in [1.165, 1.54) is 0 Å². The molecule has 0 spiro atoms. The third-order valence-electron chi connectivity index (χ3n) is 5.37. The number of carbonyl (C=O) groups excluding carboxylic acids is 2. The van der Waals surface area contributed by atoms with Crippen molar-refractivity contribution >= 4 is 11.7 Å². The van der Waals surface area contributed by atoms with E-state index in [4.69, 9.17) is 9.47 Å². The number of hydrogen-bond acceptors (Lipinski definition) is 4. The van der Waals surface area contributed by atoms with Crippen molar-refractivity contribution in [2.24, 2.45) is 5.92 Å². The van der Waals surface area contributed by atoms with Gasteiger partial charge in [0.05, 0.1) is 0 Å². The Morgan fingerprint density at radius 2 is 1.90 bits per heavy atom. The summed E-state index contributed by atoms with van der Waals surface area (Å²) < 4.78 is 10.8. The van der Waals surface area contributed by atoms with Crippen LogP contribution in [-0.4, -0.2) is 36.0 Å². The van der Waals surface area contributed by atoms with E-state index in [0.717, 1.165) is 18.5 Å². The number of ether oxygens (including phenoxy) is 2. The maximum atomic E-state index is 12.8. The first-order chi connectivity index (χ1) is 10.2. The van der Waals surface area contributed by atoms with E-state index in [1.807, 2.05) is 11.0 Å². The van der Waals surface area contributed by atoms with E-state index in [9.17, 15) is 9.59 Å². The van der Waals surface area contributed by atoms with Gasteiger partial charge in [0, 0.05) is 36.9 Å². The fourth-order valence-corrected chi connectivity index (χ4v) is 4.52. The number of fused-ring (bicyclic) bond motifs is 3. The lowest BCUT2D eigenvalue weighted by atomic mass is 9.70. The van der Waals surface area contributed by atoms with Crippen molar-refractivity contribution in [2.45, 2.75) is 31.2 Å². The maximum Gasteiger partial charge on any atom is 0.254 e. The van der Waals surface area contributed by atoms with Gasteiger partial charge < -0.3 is 14.4 Å². The van der Waals surface area contributed by atoms with Crippen molar-refractivity contribution in [1.29, 1.82) is 0 Å². The zero-order valence-corrected chi connectivity index (χ0v) is 11.5. The molecule has 5 rings (SSSR count). The standard InChI is InChI=1S/C16H15NO4/c18-9-3-8-1-2-17-15(8)11(4-9)10-5-13-14(21-7-20-13)6-12(10)16(17)19/h5-6,8,11,15H,1-4,7H2/t8-,11-,15+/m0/s1. The van der Waals surface area contributed by atoms with Crippen LogP contribution in [0.2, 0.25) is 0 Å². The van der Waals surface area contributed by atoms with Gasteiger partial charge in [-0.25, -0.2) is 0 Å². The fraction of sp³-hybridized carbons (Fsp3) is 0.500. The molecule has 5 nitrogen and oxygen atoms in total. The molecule has 3 aliphatic heterocycles. The Kier molecular flexibility index (Phi) is 2.09. The Bertz CT molecular complexity index is 683. The second-order valence-corrected chi connectivity index (χ2v) is 6.38. The smallest absolute Gasteiger partial charge is 0.254 e. The van der Waals surface area contributed by atoms with Gasteiger partial charge >= 0.3 is 0 Å². The zero-order chi connectivity index (χ0) is 14.1. The van der Waals surface area contributed by atoms with Crippen molar-refractivity contribution in [3.63, 3.8) is 0 Å². The van der Waals surface area contributed by atoms with Crippen LogP contribution in [0.3, 0.4) is 0 Å². The molecule has 1 aromatic carbocycles. The molecule has 0 radical (unpaired) electrons. The first kappa shape index (κ1) is 11.6. The van der Waals surface area contributed by atoms with Crippen LogP contribution in [0.15, 0.2) is 12.1 Å². The minimum absolute atomic E-state index is 0.0846. The van der Waals surface area contributed by atoms with E-state index in [0.29, 0.717) is 41.6 Å². The van der Waals surface area contributed by atoms with E-state index >= 15 is 0 Å². The molecule has 1 aromatic rings. The lowest BCUT2D eigenvalue weighted by Crippen LogP contribution is -2.49. The minimum atomic E-state index is 0.0846. The second-order valence-electron chi connectivity index (χ2n) is 6.38. The minimum Gasteiger partial charge on any atom is -0.454 e. The molecule has 0 N–H and O–H groups in total. The summed E-state index contributed by atoms with van der Waals surface area (Å²) in [4.78, 5) is 26.8. The average Bonchev–Trinajstić information content (AvgIpc) is 3.09. The van der Waals surface area contributed by atoms with Crippen LogP contribution in [0.1, 0.15) is 41.1 Å². The highest BCUT2D eigenvalue weighted by atomic mass is 16.7. The lowest BCUT2D eigenvalue weighted by Gasteiger charge is -2.42. The summed E-state index contributed by atoms with van der Waals surface area (Å²) >= 11 is 0. The molecule has 1 amide bonds. The van der Waals surface area contributed by atoms with Crippen molar-refractivity contribution in [3.05, 3.63) is 23.3 Å². The van der Waals surface area contributed by atoms with Gasteiger partial charge in [-0.2, -0.15) is 0 Å². The van der Waals surface area contributed by atoms with Crippen LogP contribution in [0.4, 0.5) is 0 Å². The highest BCUT2D eigenvalue weighted by Gasteiger charge is 2.51. The summed E-state index contributed by atoms with van der Waals surface area (Å²) in [6.07, 6.45) is 2.11. The quantitative estimate of drug-likeness (QED) is 0.728. The third-order valence-corrected chi connectivity index (χ3v) is 5.37. The topological polar surface area (TPSA) is 55.8 Å². The Balaban J connectivity index is 1.71. The van der Waals surface area contributed by atoms with Gasteiger partial charge in [0.25, 0.3) is 5.91 Å². The molecular weight excluding hydrogens is 270 g/mol. The lowest BCUT2D eigenvalue weighted by molar-refractivity contribution is -0.122. The zero-order valence-electron chi connectivity index (χ0n) is 11.5. The van der Waals surface area contributed by atoms with Crippen molar-refractivity contribution in [2.75, 3.05) is 13.3 Å². The van der Waals surface area contributed by atoms with E-state index in [2.05, 4.69) is 0 Å². The number of amides is 1. The van der Waals surface area contributed by atoms with E-state index in [1.54, 1.807) is 6.07 Å². The summed E-state index contributed by atoms with van der Waals surface area (Å²) in [6.45, 7) is 0.970. The molecule has 5 heteroatoms. The van der Waals surface area contributed by atoms with Gasteiger partial charge in [-0.3, -0.25) is 9.59 Å². The van der Waals surface area contributed by atoms with Crippen molar-refractivity contribution in [1.82, 2.24) is 4.90 Å². The summed E-state index contributed by atoms with van der Waals surface area (Å²) in [5, 5.41) is 0. The Morgan fingerprint density at radius 1 is 1.10 bits per heavy atom.